The summed E-state index contributed by atoms with van der Waals surface area (Å²) in [4.78, 5) is 10.6. The van der Waals surface area contributed by atoms with Gasteiger partial charge >= 0.3 is 5.97 Å². The minimum absolute atomic E-state index is 0.0619. The maximum absolute atomic E-state index is 13.0. The Balaban J connectivity index is 3.27. The Morgan fingerprint density at radius 1 is 1.67 bits per heavy atom. The van der Waals surface area contributed by atoms with Crippen LogP contribution in [0.2, 0.25) is 5.02 Å². The van der Waals surface area contributed by atoms with Gasteiger partial charge in [-0.15, -0.1) is 0 Å². The normalized spacial score (nSPS) is 12.3. The van der Waals surface area contributed by atoms with Gasteiger partial charge in [-0.05, 0) is 6.07 Å². The van der Waals surface area contributed by atoms with Crippen LogP contribution in [0.15, 0.2) is 12.1 Å². The first kappa shape index (κ1) is 11.7. The summed E-state index contributed by atoms with van der Waals surface area (Å²) in [7, 11) is 1.29. The van der Waals surface area contributed by atoms with Crippen LogP contribution in [0.1, 0.15) is 11.6 Å². The minimum atomic E-state index is -1.29. The molecule has 82 valence electrons. The zero-order valence-electron chi connectivity index (χ0n) is 7.83. The summed E-state index contributed by atoms with van der Waals surface area (Å²) in [5, 5.41) is 8.51. The van der Waals surface area contributed by atoms with Gasteiger partial charge in [0.1, 0.15) is 17.6 Å². The lowest BCUT2D eigenvalue weighted by molar-refractivity contribution is -0.138. The second-order valence-corrected chi connectivity index (χ2v) is 3.23. The summed E-state index contributed by atoms with van der Waals surface area (Å²) >= 11 is 5.51. The lowest BCUT2D eigenvalue weighted by atomic mass is 10.1. The van der Waals surface area contributed by atoms with Gasteiger partial charge in [0.15, 0.2) is 0 Å². The molecule has 0 heterocycles. The van der Waals surface area contributed by atoms with Gasteiger partial charge < -0.3 is 15.6 Å². The van der Waals surface area contributed by atoms with Crippen LogP contribution in [0.4, 0.5) is 4.39 Å². The fourth-order valence-electron chi connectivity index (χ4n) is 1.10. The third-order valence-electron chi connectivity index (χ3n) is 1.87. The van der Waals surface area contributed by atoms with Gasteiger partial charge in [-0.1, -0.05) is 11.6 Å². The predicted molar refractivity (Wildman–Crippen MR) is 52.5 cm³/mol. The maximum atomic E-state index is 13.0. The molecule has 0 fully saturated rings. The molecule has 1 rings (SSSR count). The Kier molecular flexibility index (Phi) is 3.49. The van der Waals surface area contributed by atoms with E-state index in [-0.39, 0.29) is 16.3 Å². The van der Waals surface area contributed by atoms with Crippen LogP contribution in [0.5, 0.6) is 5.75 Å². The van der Waals surface area contributed by atoms with Gasteiger partial charge in [0.2, 0.25) is 0 Å². The van der Waals surface area contributed by atoms with Gasteiger partial charge in [0.05, 0.1) is 12.1 Å². The Labute approximate surface area is 90.4 Å². The molecule has 1 unspecified atom stereocenters. The van der Waals surface area contributed by atoms with E-state index in [0.717, 1.165) is 12.1 Å². The molecule has 0 aliphatic heterocycles. The Bertz CT molecular complexity index is 397. The molecule has 3 N–H and O–H groups in total. The van der Waals surface area contributed by atoms with E-state index >= 15 is 0 Å². The monoisotopic (exact) mass is 233 g/mol. The average molecular weight is 234 g/mol. The van der Waals surface area contributed by atoms with E-state index in [1.165, 1.54) is 7.11 Å². The number of nitrogens with two attached hydrogens (primary N) is 1. The minimum Gasteiger partial charge on any atom is -0.496 e. The van der Waals surface area contributed by atoms with Crippen LogP contribution in [0.25, 0.3) is 0 Å². The number of aliphatic carboxylic acids is 1. The van der Waals surface area contributed by atoms with E-state index in [2.05, 4.69) is 0 Å². The highest BCUT2D eigenvalue weighted by Gasteiger charge is 2.20. The van der Waals surface area contributed by atoms with Gasteiger partial charge in [0.25, 0.3) is 0 Å². The first-order valence-corrected chi connectivity index (χ1v) is 4.36. The summed E-state index contributed by atoms with van der Waals surface area (Å²) in [6.45, 7) is 0. The van der Waals surface area contributed by atoms with Crippen LogP contribution < -0.4 is 10.5 Å². The van der Waals surface area contributed by atoms with Crippen molar-refractivity contribution in [3.8, 4) is 5.75 Å². The lowest BCUT2D eigenvalue weighted by Crippen LogP contribution is -2.21. The molecule has 15 heavy (non-hydrogen) atoms. The SMILES string of the molecule is COc1cc(F)c(Cl)cc1C(N)C(=O)O. The Morgan fingerprint density at radius 3 is 2.73 bits per heavy atom. The zero-order valence-corrected chi connectivity index (χ0v) is 8.58. The number of hydrogen-bond acceptors (Lipinski definition) is 3. The van der Waals surface area contributed by atoms with Crippen molar-refractivity contribution in [3.63, 3.8) is 0 Å². The number of halogens is 2. The summed E-state index contributed by atoms with van der Waals surface area (Å²) < 4.78 is 17.8. The van der Waals surface area contributed by atoms with Crippen LogP contribution in [0, 0.1) is 5.82 Å². The first-order valence-electron chi connectivity index (χ1n) is 3.98. The van der Waals surface area contributed by atoms with E-state index in [1.54, 1.807) is 0 Å². The number of carbonyl (C=O) groups is 1. The Morgan fingerprint density at radius 2 is 2.27 bits per heavy atom. The molecule has 0 bridgehead atoms. The second-order valence-electron chi connectivity index (χ2n) is 2.82. The predicted octanol–water partition coefficient (Wildman–Crippen LogP) is 1.57. The summed E-state index contributed by atoms with van der Waals surface area (Å²) in [5.41, 5.74) is 5.51. The molecule has 6 heteroatoms. The fourth-order valence-corrected chi connectivity index (χ4v) is 1.27. The number of benzene rings is 1. The van der Waals surface area contributed by atoms with Gasteiger partial charge in [0, 0.05) is 11.6 Å². The molecule has 1 aromatic rings. The van der Waals surface area contributed by atoms with Crippen molar-refractivity contribution in [2.45, 2.75) is 6.04 Å². The molecule has 0 aromatic heterocycles. The molecule has 0 radical (unpaired) electrons. The Hall–Kier alpha value is -1.33. The smallest absolute Gasteiger partial charge is 0.325 e. The number of carboxylic acids is 1. The van der Waals surface area contributed by atoms with Gasteiger partial charge in [-0.25, -0.2) is 4.39 Å². The summed E-state index contributed by atoms with van der Waals surface area (Å²) in [6, 6.07) is 0.854. The molecule has 0 aliphatic carbocycles. The van der Waals surface area contributed by atoms with E-state index in [0.29, 0.717) is 0 Å². The number of rotatable bonds is 3. The lowest BCUT2D eigenvalue weighted by Gasteiger charge is -2.12. The molecule has 1 atom stereocenters. The molecular formula is C9H9ClFNO3. The summed E-state index contributed by atoms with van der Waals surface area (Å²) in [5.74, 6) is -1.86. The molecule has 0 amide bonds. The van der Waals surface area contributed by atoms with Crippen molar-refractivity contribution >= 4 is 17.6 Å². The fraction of sp³-hybridized carbons (Fsp3) is 0.222. The van der Waals surface area contributed by atoms with Gasteiger partial charge in [-0.3, -0.25) is 4.79 Å². The second kappa shape index (κ2) is 4.46. The van der Waals surface area contributed by atoms with Crippen molar-refractivity contribution in [1.29, 1.82) is 0 Å². The zero-order chi connectivity index (χ0) is 11.6. The highest BCUT2D eigenvalue weighted by Crippen LogP contribution is 2.29. The number of methoxy groups -OCH3 is 1. The molecule has 1 aromatic carbocycles. The number of ether oxygens (including phenoxy) is 1. The largest absolute Gasteiger partial charge is 0.496 e. The van der Waals surface area contributed by atoms with E-state index < -0.39 is 17.8 Å². The first-order chi connectivity index (χ1) is 6.97. The quantitative estimate of drug-likeness (QED) is 0.831. The van der Waals surface area contributed by atoms with Gasteiger partial charge in [-0.2, -0.15) is 0 Å². The molecular weight excluding hydrogens is 225 g/mol. The van der Waals surface area contributed by atoms with Crippen molar-refractivity contribution in [3.05, 3.63) is 28.5 Å². The van der Waals surface area contributed by atoms with Crippen molar-refractivity contribution in [2.24, 2.45) is 5.73 Å². The van der Waals surface area contributed by atoms with Crippen LogP contribution in [-0.4, -0.2) is 18.2 Å². The maximum Gasteiger partial charge on any atom is 0.325 e. The molecule has 0 saturated heterocycles. The number of hydrogen-bond donors (Lipinski definition) is 2. The third-order valence-corrected chi connectivity index (χ3v) is 2.16. The van der Waals surface area contributed by atoms with E-state index in [1.807, 2.05) is 0 Å². The topological polar surface area (TPSA) is 72.5 Å². The molecule has 0 saturated carbocycles. The molecule has 4 nitrogen and oxygen atoms in total. The third kappa shape index (κ3) is 2.37. The molecule has 0 spiro atoms. The highest BCUT2D eigenvalue weighted by molar-refractivity contribution is 6.30. The van der Waals surface area contributed by atoms with Crippen molar-refractivity contribution in [1.82, 2.24) is 0 Å². The van der Waals surface area contributed by atoms with E-state index in [4.69, 9.17) is 27.2 Å². The van der Waals surface area contributed by atoms with E-state index in [9.17, 15) is 9.18 Å². The van der Waals surface area contributed by atoms with Crippen LogP contribution in [0.3, 0.4) is 0 Å². The number of carboxylic acid groups (broad SMARTS) is 1. The standard InChI is InChI=1S/C9H9ClFNO3/c1-15-7-3-6(11)5(10)2-4(7)8(12)9(13)14/h2-3,8H,12H2,1H3,(H,13,14). The van der Waals surface area contributed by atoms with Crippen molar-refractivity contribution in [2.75, 3.05) is 7.11 Å². The highest BCUT2D eigenvalue weighted by atomic mass is 35.5. The summed E-state index contributed by atoms with van der Waals surface area (Å²) in [6.07, 6.45) is 0. The van der Waals surface area contributed by atoms with Crippen LogP contribution in [-0.2, 0) is 4.79 Å². The van der Waals surface area contributed by atoms with Crippen molar-refractivity contribution < 1.29 is 19.0 Å². The average Bonchev–Trinajstić information content (AvgIpc) is 2.20. The van der Waals surface area contributed by atoms with Crippen LogP contribution >= 0.6 is 11.6 Å². The molecule has 0 aliphatic rings.